The fourth-order valence-corrected chi connectivity index (χ4v) is 1.48. The molecule has 1 fully saturated rings. The van der Waals surface area contributed by atoms with Crippen LogP contribution in [0.25, 0.3) is 0 Å². The van der Waals surface area contributed by atoms with E-state index in [1.165, 1.54) is 12.8 Å². The monoisotopic (exact) mass is 142 g/mol. The molecular formula is C9H18O. The van der Waals surface area contributed by atoms with Crippen LogP contribution < -0.4 is 0 Å². The molecule has 0 aliphatic carbocycles. The first-order chi connectivity index (χ1) is 4.74. The van der Waals surface area contributed by atoms with E-state index >= 15 is 0 Å². The molecule has 1 saturated heterocycles. The predicted molar refractivity (Wildman–Crippen MR) is 43.0 cm³/mol. The molecule has 3 unspecified atom stereocenters. The summed E-state index contributed by atoms with van der Waals surface area (Å²) in [5.41, 5.74) is 0. The highest BCUT2D eigenvalue weighted by molar-refractivity contribution is 4.74. The summed E-state index contributed by atoms with van der Waals surface area (Å²) in [6.07, 6.45) is 3.08. The second kappa shape index (κ2) is 3.38. The van der Waals surface area contributed by atoms with Crippen molar-refractivity contribution in [2.45, 2.75) is 39.7 Å². The predicted octanol–water partition coefficient (Wildman–Crippen LogP) is 2.46. The molecular weight excluding hydrogens is 124 g/mol. The summed E-state index contributed by atoms with van der Waals surface area (Å²) in [6, 6.07) is 0. The van der Waals surface area contributed by atoms with E-state index < -0.39 is 0 Å². The third kappa shape index (κ3) is 1.72. The summed E-state index contributed by atoms with van der Waals surface area (Å²) in [5.74, 6) is 1.55. The van der Waals surface area contributed by atoms with Crippen molar-refractivity contribution < 1.29 is 4.74 Å². The Balaban J connectivity index is 2.29. The van der Waals surface area contributed by atoms with Gasteiger partial charge in [-0.05, 0) is 18.3 Å². The van der Waals surface area contributed by atoms with Crippen LogP contribution in [0.4, 0.5) is 0 Å². The smallest absolute Gasteiger partial charge is 0.0604 e. The zero-order valence-corrected chi connectivity index (χ0v) is 7.26. The first-order valence-electron chi connectivity index (χ1n) is 4.35. The zero-order valence-electron chi connectivity index (χ0n) is 7.26. The third-order valence-corrected chi connectivity index (χ3v) is 2.51. The quantitative estimate of drug-likeness (QED) is 0.575. The molecule has 0 aromatic rings. The van der Waals surface area contributed by atoms with E-state index in [4.69, 9.17) is 4.74 Å². The van der Waals surface area contributed by atoms with Gasteiger partial charge >= 0.3 is 0 Å². The molecule has 0 amide bonds. The van der Waals surface area contributed by atoms with Crippen LogP contribution in [0.1, 0.15) is 33.6 Å². The van der Waals surface area contributed by atoms with Gasteiger partial charge in [-0.25, -0.2) is 0 Å². The Morgan fingerprint density at radius 3 is 2.70 bits per heavy atom. The van der Waals surface area contributed by atoms with E-state index in [9.17, 15) is 0 Å². The standard InChI is InChI=1S/C9H18O/c1-4-8(3)9-5-7(2)6-10-9/h7-9H,4-6H2,1-3H3. The van der Waals surface area contributed by atoms with Crippen molar-refractivity contribution >= 4 is 0 Å². The molecule has 10 heavy (non-hydrogen) atoms. The van der Waals surface area contributed by atoms with Gasteiger partial charge < -0.3 is 4.74 Å². The first-order valence-corrected chi connectivity index (χ1v) is 4.35. The van der Waals surface area contributed by atoms with Crippen molar-refractivity contribution in [3.8, 4) is 0 Å². The zero-order chi connectivity index (χ0) is 7.56. The van der Waals surface area contributed by atoms with Crippen LogP contribution in [0.15, 0.2) is 0 Å². The second-order valence-electron chi connectivity index (χ2n) is 3.60. The lowest BCUT2D eigenvalue weighted by Gasteiger charge is -2.15. The number of hydrogen-bond donors (Lipinski definition) is 0. The lowest BCUT2D eigenvalue weighted by atomic mass is 9.96. The van der Waals surface area contributed by atoms with Gasteiger partial charge in [-0.1, -0.05) is 27.2 Å². The fourth-order valence-electron chi connectivity index (χ4n) is 1.48. The van der Waals surface area contributed by atoms with Crippen molar-refractivity contribution in [3.63, 3.8) is 0 Å². The maximum Gasteiger partial charge on any atom is 0.0604 e. The van der Waals surface area contributed by atoms with E-state index in [2.05, 4.69) is 20.8 Å². The molecule has 60 valence electrons. The Kier molecular flexibility index (Phi) is 2.72. The molecule has 0 N–H and O–H groups in total. The summed E-state index contributed by atoms with van der Waals surface area (Å²) in [7, 11) is 0. The maximum absolute atomic E-state index is 5.62. The molecule has 0 bridgehead atoms. The number of ether oxygens (including phenoxy) is 1. The van der Waals surface area contributed by atoms with Crippen molar-refractivity contribution in [2.24, 2.45) is 11.8 Å². The minimum absolute atomic E-state index is 0.556. The highest BCUT2D eigenvalue weighted by atomic mass is 16.5. The Morgan fingerprint density at radius 1 is 1.60 bits per heavy atom. The maximum atomic E-state index is 5.62. The molecule has 0 aromatic heterocycles. The van der Waals surface area contributed by atoms with Crippen molar-refractivity contribution in [1.82, 2.24) is 0 Å². The molecule has 1 aliphatic heterocycles. The van der Waals surface area contributed by atoms with Crippen LogP contribution in [0.2, 0.25) is 0 Å². The van der Waals surface area contributed by atoms with E-state index in [1.807, 2.05) is 0 Å². The summed E-state index contributed by atoms with van der Waals surface area (Å²) in [4.78, 5) is 0. The molecule has 0 spiro atoms. The fraction of sp³-hybridized carbons (Fsp3) is 1.00. The average molecular weight is 142 g/mol. The van der Waals surface area contributed by atoms with Crippen LogP contribution in [-0.4, -0.2) is 12.7 Å². The lowest BCUT2D eigenvalue weighted by Crippen LogP contribution is -2.15. The molecule has 0 saturated carbocycles. The van der Waals surface area contributed by atoms with E-state index in [1.54, 1.807) is 0 Å². The van der Waals surface area contributed by atoms with E-state index in [0.29, 0.717) is 6.10 Å². The summed E-state index contributed by atoms with van der Waals surface area (Å²) >= 11 is 0. The molecule has 1 nitrogen and oxygen atoms in total. The average Bonchev–Trinajstić information content (AvgIpc) is 2.34. The van der Waals surface area contributed by atoms with Crippen LogP contribution in [0.3, 0.4) is 0 Å². The van der Waals surface area contributed by atoms with Crippen LogP contribution >= 0.6 is 0 Å². The van der Waals surface area contributed by atoms with Gasteiger partial charge in [0.1, 0.15) is 0 Å². The largest absolute Gasteiger partial charge is 0.378 e. The van der Waals surface area contributed by atoms with E-state index in [-0.39, 0.29) is 0 Å². The Bertz CT molecular complexity index is 101. The second-order valence-corrected chi connectivity index (χ2v) is 3.60. The van der Waals surface area contributed by atoms with Crippen molar-refractivity contribution in [3.05, 3.63) is 0 Å². The van der Waals surface area contributed by atoms with Crippen molar-refractivity contribution in [1.29, 1.82) is 0 Å². The highest BCUT2D eigenvalue weighted by Crippen LogP contribution is 2.25. The van der Waals surface area contributed by atoms with Gasteiger partial charge in [-0.15, -0.1) is 0 Å². The summed E-state index contributed by atoms with van der Waals surface area (Å²) < 4.78 is 5.62. The first kappa shape index (κ1) is 8.06. The van der Waals surface area contributed by atoms with Gasteiger partial charge in [0.25, 0.3) is 0 Å². The summed E-state index contributed by atoms with van der Waals surface area (Å²) in [5, 5.41) is 0. The van der Waals surface area contributed by atoms with Gasteiger partial charge in [0.05, 0.1) is 6.10 Å². The molecule has 1 heterocycles. The van der Waals surface area contributed by atoms with Gasteiger partial charge in [-0.3, -0.25) is 0 Å². The Morgan fingerprint density at radius 2 is 2.30 bits per heavy atom. The normalized spacial score (nSPS) is 36.3. The molecule has 1 heteroatoms. The van der Waals surface area contributed by atoms with Gasteiger partial charge in [-0.2, -0.15) is 0 Å². The molecule has 0 radical (unpaired) electrons. The molecule has 1 aliphatic rings. The Labute approximate surface area is 63.8 Å². The number of hydrogen-bond acceptors (Lipinski definition) is 1. The minimum atomic E-state index is 0.556. The third-order valence-electron chi connectivity index (χ3n) is 2.51. The minimum Gasteiger partial charge on any atom is -0.378 e. The van der Waals surface area contributed by atoms with Gasteiger partial charge in [0.2, 0.25) is 0 Å². The number of rotatable bonds is 2. The Hall–Kier alpha value is -0.0400. The van der Waals surface area contributed by atoms with Gasteiger partial charge in [0, 0.05) is 6.61 Å². The topological polar surface area (TPSA) is 9.23 Å². The van der Waals surface area contributed by atoms with Crippen LogP contribution in [-0.2, 0) is 4.74 Å². The molecule has 3 atom stereocenters. The van der Waals surface area contributed by atoms with Crippen LogP contribution in [0, 0.1) is 11.8 Å². The van der Waals surface area contributed by atoms with Gasteiger partial charge in [0.15, 0.2) is 0 Å². The summed E-state index contributed by atoms with van der Waals surface area (Å²) in [6.45, 7) is 7.76. The van der Waals surface area contributed by atoms with E-state index in [0.717, 1.165) is 18.4 Å². The highest BCUT2D eigenvalue weighted by Gasteiger charge is 2.25. The molecule has 0 aromatic carbocycles. The van der Waals surface area contributed by atoms with Crippen LogP contribution in [0.5, 0.6) is 0 Å². The SMILES string of the molecule is CCC(C)C1CC(C)CO1. The lowest BCUT2D eigenvalue weighted by molar-refractivity contribution is 0.0662. The molecule has 1 rings (SSSR count). The van der Waals surface area contributed by atoms with Crippen molar-refractivity contribution in [2.75, 3.05) is 6.61 Å².